The largest absolute Gasteiger partial charge is 0.505 e. The van der Waals surface area contributed by atoms with Crippen molar-refractivity contribution in [2.45, 2.75) is 26.1 Å². The normalized spacial score (nSPS) is 14.1. The number of carbonyl (C=O) groups is 1. The summed E-state index contributed by atoms with van der Waals surface area (Å²) >= 11 is 0. The third-order valence-electron chi connectivity index (χ3n) is 5.81. The molecule has 0 unspecified atom stereocenters. The van der Waals surface area contributed by atoms with Crippen LogP contribution < -0.4 is 4.31 Å². The van der Waals surface area contributed by atoms with E-state index in [-0.39, 0.29) is 27.7 Å². The second kappa shape index (κ2) is 8.15. The van der Waals surface area contributed by atoms with E-state index < -0.39 is 40.9 Å². The first-order valence-corrected chi connectivity index (χ1v) is 12.1. The fourth-order valence-electron chi connectivity index (χ4n) is 4.13. The number of phenolic OH excluding ortho intramolecular Hbond substituents is 1. The summed E-state index contributed by atoms with van der Waals surface area (Å²) in [4.78, 5) is 17.6. The van der Waals surface area contributed by atoms with Gasteiger partial charge in [0.05, 0.1) is 17.5 Å². The van der Waals surface area contributed by atoms with Crippen LogP contribution in [-0.2, 0) is 23.0 Å². The van der Waals surface area contributed by atoms with Crippen molar-refractivity contribution in [3.05, 3.63) is 64.3 Å². The van der Waals surface area contributed by atoms with E-state index in [0.717, 1.165) is 21.7 Å². The Bertz CT molecular complexity index is 1400. The van der Waals surface area contributed by atoms with Crippen LogP contribution in [0.5, 0.6) is 5.75 Å². The molecule has 0 saturated carbocycles. The van der Waals surface area contributed by atoms with Crippen LogP contribution in [0.15, 0.2) is 36.5 Å². The molecular weight excluding hydrogens is 471 g/mol. The maximum absolute atomic E-state index is 13.0. The van der Waals surface area contributed by atoms with E-state index in [0.29, 0.717) is 16.9 Å². The minimum Gasteiger partial charge on any atom is -0.505 e. The smallest absolute Gasteiger partial charge is 0.406 e. The summed E-state index contributed by atoms with van der Waals surface area (Å²) in [5, 5.41) is 11.0. The summed E-state index contributed by atoms with van der Waals surface area (Å²) in [6, 6.07) is 9.43. The Balaban J connectivity index is 1.92. The van der Waals surface area contributed by atoms with Crippen molar-refractivity contribution in [1.82, 2.24) is 9.88 Å². The molecule has 0 saturated heterocycles. The first kappa shape index (κ1) is 23.8. The fraction of sp³-hybridized carbons (Fsp3) is 0.304. The summed E-state index contributed by atoms with van der Waals surface area (Å²) in [6.07, 6.45) is -1.76. The Labute approximate surface area is 194 Å². The van der Waals surface area contributed by atoms with Crippen LogP contribution in [0.4, 0.5) is 18.9 Å². The highest BCUT2D eigenvalue weighted by Crippen LogP contribution is 2.45. The molecule has 11 heteroatoms. The third kappa shape index (κ3) is 4.39. The van der Waals surface area contributed by atoms with Gasteiger partial charge in [-0.05, 0) is 30.5 Å². The molecular formula is C23H22F3N3O4S. The lowest BCUT2D eigenvalue weighted by atomic mass is 9.98. The molecule has 34 heavy (non-hydrogen) atoms. The molecule has 0 atom stereocenters. The van der Waals surface area contributed by atoms with Gasteiger partial charge in [0.2, 0.25) is 10.0 Å². The lowest BCUT2D eigenvalue weighted by molar-refractivity contribution is -0.140. The first-order valence-electron chi connectivity index (χ1n) is 10.3. The number of aromatic nitrogens is 1. The number of amides is 1. The molecule has 0 aliphatic carbocycles. The average molecular weight is 494 g/mol. The number of hydrogen-bond acceptors (Lipinski definition) is 5. The van der Waals surface area contributed by atoms with Crippen LogP contribution in [0, 0.1) is 6.92 Å². The molecule has 0 bridgehead atoms. The standard InChI is InChI=1S/C23H22F3N3O4S/c1-13-4-6-14(7-5-13)8-15-9-16-19(27-10-15)21(30)18-17(20(16)28(2)34(3,32)33)11-29(22(18)31)12-23(24,25)26/h4-7,9-10,30H,8,11-12H2,1-3H3. The van der Waals surface area contributed by atoms with Crippen molar-refractivity contribution in [3.63, 3.8) is 0 Å². The maximum atomic E-state index is 13.0. The SMILES string of the molecule is Cc1ccc(Cc2cnc3c(O)c4c(c(N(C)S(C)(=O)=O)c3c2)CN(CC(F)(F)F)C4=O)cc1. The highest BCUT2D eigenvalue weighted by atomic mass is 32.2. The molecule has 2 aromatic carbocycles. The van der Waals surface area contributed by atoms with Crippen LogP contribution in [0.2, 0.25) is 0 Å². The summed E-state index contributed by atoms with van der Waals surface area (Å²) in [5.74, 6) is -1.59. The second-order valence-corrected chi connectivity index (χ2v) is 10.5. The molecule has 1 N–H and O–H groups in total. The van der Waals surface area contributed by atoms with Crippen molar-refractivity contribution in [2.75, 3.05) is 24.2 Å². The van der Waals surface area contributed by atoms with Crippen molar-refractivity contribution >= 4 is 32.5 Å². The number of phenols is 1. The summed E-state index contributed by atoms with van der Waals surface area (Å²) in [7, 11) is -2.60. The van der Waals surface area contributed by atoms with Gasteiger partial charge in [0.1, 0.15) is 12.1 Å². The number of carbonyl (C=O) groups excluding carboxylic acids is 1. The average Bonchev–Trinajstić information content (AvgIpc) is 3.03. The number of halogens is 3. The number of hydrogen-bond donors (Lipinski definition) is 1. The van der Waals surface area contributed by atoms with Gasteiger partial charge in [-0.15, -0.1) is 0 Å². The van der Waals surface area contributed by atoms with Gasteiger partial charge in [-0.2, -0.15) is 13.2 Å². The van der Waals surface area contributed by atoms with Gasteiger partial charge in [0, 0.05) is 30.7 Å². The number of anilines is 1. The number of rotatable bonds is 5. The zero-order chi connectivity index (χ0) is 25.0. The van der Waals surface area contributed by atoms with Crippen molar-refractivity contribution in [1.29, 1.82) is 0 Å². The van der Waals surface area contributed by atoms with Gasteiger partial charge in [-0.3, -0.25) is 14.1 Å². The predicted molar refractivity (Wildman–Crippen MR) is 121 cm³/mol. The van der Waals surface area contributed by atoms with Crippen molar-refractivity contribution in [2.24, 2.45) is 0 Å². The highest BCUT2D eigenvalue weighted by Gasteiger charge is 2.42. The number of nitrogens with zero attached hydrogens (tertiary/aromatic N) is 3. The topological polar surface area (TPSA) is 90.8 Å². The molecule has 0 fully saturated rings. The zero-order valence-corrected chi connectivity index (χ0v) is 19.5. The molecule has 1 aliphatic heterocycles. The lowest BCUT2D eigenvalue weighted by Crippen LogP contribution is -2.34. The Morgan fingerprint density at radius 2 is 1.82 bits per heavy atom. The Morgan fingerprint density at radius 3 is 2.41 bits per heavy atom. The summed E-state index contributed by atoms with van der Waals surface area (Å²) < 4.78 is 64.9. The van der Waals surface area contributed by atoms with Gasteiger partial charge in [-0.25, -0.2) is 8.42 Å². The van der Waals surface area contributed by atoms with E-state index in [1.165, 1.54) is 13.2 Å². The lowest BCUT2D eigenvalue weighted by Gasteiger charge is -2.23. The summed E-state index contributed by atoms with van der Waals surface area (Å²) in [6.45, 7) is -0.0552. The first-order chi connectivity index (χ1) is 15.8. The molecule has 1 aliphatic rings. The third-order valence-corrected chi connectivity index (χ3v) is 6.99. The van der Waals surface area contributed by atoms with E-state index in [1.807, 2.05) is 31.2 Å². The molecule has 7 nitrogen and oxygen atoms in total. The predicted octanol–water partition coefficient (Wildman–Crippen LogP) is 3.75. The number of alkyl halides is 3. The van der Waals surface area contributed by atoms with E-state index >= 15 is 0 Å². The van der Waals surface area contributed by atoms with E-state index in [1.54, 1.807) is 6.07 Å². The second-order valence-electron chi connectivity index (χ2n) is 8.46. The molecule has 1 amide bonds. The minimum atomic E-state index is -4.66. The van der Waals surface area contributed by atoms with Gasteiger partial charge in [0.15, 0.2) is 5.75 Å². The van der Waals surface area contributed by atoms with Gasteiger partial charge >= 0.3 is 6.18 Å². The molecule has 0 radical (unpaired) electrons. The Kier molecular flexibility index (Phi) is 5.71. The highest BCUT2D eigenvalue weighted by molar-refractivity contribution is 7.92. The fourth-order valence-corrected chi connectivity index (χ4v) is 4.67. The molecule has 180 valence electrons. The minimum absolute atomic E-state index is 0.0152. The van der Waals surface area contributed by atoms with Crippen LogP contribution in [0.25, 0.3) is 10.9 Å². The number of aryl methyl sites for hydroxylation is 1. The van der Waals surface area contributed by atoms with Gasteiger partial charge in [0.25, 0.3) is 5.91 Å². The van der Waals surface area contributed by atoms with Crippen LogP contribution in [-0.4, -0.2) is 55.3 Å². The van der Waals surface area contributed by atoms with E-state index in [9.17, 15) is 31.5 Å². The monoisotopic (exact) mass is 493 g/mol. The van der Waals surface area contributed by atoms with Gasteiger partial charge < -0.3 is 10.0 Å². The van der Waals surface area contributed by atoms with Crippen molar-refractivity contribution < 1.29 is 31.5 Å². The molecule has 1 aromatic heterocycles. The van der Waals surface area contributed by atoms with Crippen LogP contribution in [0.1, 0.15) is 32.6 Å². The molecule has 3 aromatic rings. The maximum Gasteiger partial charge on any atom is 0.406 e. The Morgan fingerprint density at radius 1 is 1.18 bits per heavy atom. The molecule has 4 rings (SSSR count). The van der Waals surface area contributed by atoms with Gasteiger partial charge in [-0.1, -0.05) is 29.8 Å². The number of sulfonamides is 1. The number of aromatic hydroxyl groups is 1. The molecule has 2 heterocycles. The van der Waals surface area contributed by atoms with Crippen LogP contribution >= 0.6 is 0 Å². The summed E-state index contributed by atoms with van der Waals surface area (Å²) in [5.41, 5.74) is 2.39. The number of fused-ring (bicyclic) bond motifs is 2. The Hall–Kier alpha value is -3.34. The molecule has 0 spiro atoms. The van der Waals surface area contributed by atoms with E-state index in [4.69, 9.17) is 0 Å². The van der Waals surface area contributed by atoms with E-state index in [2.05, 4.69) is 4.98 Å². The number of pyridine rings is 1. The van der Waals surface area contributed by atoms with Crippen molar-refractivity contribution in [3.8, 4) is 5.75 Å². The quantitative estimate of drug-likeness (QED) is 0.585. The number of benzene rings is 2. The van der Waals surface area contributed by atoms with Crippen LogP contribution in [0.3, 0.4) is 0 Å². The zero-order valence-electron chi connectivity index (χ0n) is 18.6.